The Morgan fingerprint density at radius 1 is 1.24 bits per heavy atom. The molecule has 158 valence electrons. The van der Waals surface area contributed by atoms with Gasteiger partial charge in [-0.15, -0.1) is 0 Å². The molecule has 1 fully saturated rings. The van der Waals surface area contributed by atoms with E-state index in [0.29, 0.717) is 38.4 Å². The summed E-state index contributed by atoms with van der Waals surface area (Å²) in [6, 6.07) is 4.06. The minimum absolute atomic E-state index is 0.0125. The van der Waals surface area contributed by atoms with Crippen LogP contribution in [0.15, 0.2) is 18.3 Å². The van der Waals surface area contributed by atoms with Gasteiger partial charge in [0.25, 0.3) is 0 Å². The molecule has 3 heterocycles. The van der Waals surface area contributed by atoms with Crippen LogP contribution in [-0.2, 0) is 16.1 Å². The average molecular weight is 401 g/mol. The van der Waals surface area contributed by atoms with Crippen molar-refractivity contribution >= 4 is 17.6 Å². The summed E-state index contributed by atoms with van der Waals surface area (Å²) in [5.74, 6) is 1.24. The van der Waals surface area contributed by atoms with Crippen molar-refractivity contribution in [3.05, 3.63) is 29.7 Å². The van der Waals surface area contributed by atoms with Crippen molar-refractivity contribution < 1.29 is 9.59 Å². The van der Waals surface area contributed by atoms with Crippen LogP contribution >= 0.6 is 0 Å². The van der Waals surface area contributed by atoms with Crippen LogP contribution in [0.5, 0.6) is 0 Å². The molecule has 0 radical (unpaired) electrons. The zero-order valence-electron chi connectivity index (χ0n) is 17.9. The van der Waals surface area contributed by atoms with Gasteiger partial charge in [0.2, 0.25) is 11.8 Å². The lowest BCUT2D eigenvalue weighted by Gasteiger charge is -2.33. The molecule has 1 saturated heterocycles. The SMILES string of the molecule is Cc1cc(C)n(CCC(=O)N2CCC(n3nccc3NC(=O)CC(C)C)CC2)n1. The Hall–Kier alpha value is -2.64. The van der Waals surface area contributed by atoms with Crippen molar-refractivity contribution in [1.82, 2.24) is 24.5 Å². The van der Waals surface area contributed by atoms with E-state index in [-0.39, 0.29) is 17.9 Å². The van der Waals surface area contributed by atoms with E-state index in [9.17, 15) is 9.59 Å². The average Bonchev–Trinajstić information content (AvgIpc) is 3.24. The summed E-state index contributed by atoms with van der Waals surface area (Å²) in [6.07, 6.45) is 4.34. The molecule has 0 unspecified atom stereocenters. The summed E-state index contributed by atoms with van der Waals surface area (Å²) < 4.78 is 3.80. The third-order valence-electron chi connectivity index (χ3n) is 5.34. The second-order valence-corrected chi connectivity index (χ2v) is 8.32. The Kier molecular flexibility index (Phi) is 6.71. The quantitative estimate of drug-likeness (QED) is 0.774. The van der Waals surface area contributed by atoms with Crippen molar-refractivity contribution in [2.75, 3.05) is 18.4 Å². The van der Waals surface area contributed by atoms with Crippen molar-refractivity contribution in [2.24, 2.45) is 5.92 Å². The van der Waals surface area contributed by atoms with Gasteiger partial charge in [0.1, 0.15) is 5.82 Å². The number of likely N-dealkylation sites (tertiary alicyclic amines) is 1. The fraction of sp³-hybridized carbons (Fsp3) is 0.619. The van der Waals surface area contributed by atoms with Crippen molar-refractivity contribution in [2.45, 2.75) is 66.0 Å². The highest BCUT2D eigenvalue weighted by atomic mass is 16.2. The van der Waals surface area contributed by atoms with Crippen LogP contribution < -0.4 is 5.32 Å². The Morgan fingerprint density at radius 2 is 1.97 bits per heavy atom. The number of hydrogen-bond acceptors (Lipinski definition) is 4. The first-order valence-electron chi connectivity index (χ1n) is 10.5. The number of hydrogen-bond donors (Lipinski definition) is 1. The second kappa shape index (κ2) is 9.24. The number of nitrogens with zero attached hydrogens (tertiary/aromatic N) is 5. The molecule has 0 bridgehead atoms. The van der Waals surface area contributed by atoms with Gasteiger partial charge in [-0.3, -0.25) is 14.3 Å². The lowest BCUT2D eigenvalue weighted by Crippen LogP contribution is -2.39. The number of rotatable bonds is 7. The maximum Gasteiger partial charge on any atom is 0.225 e. The Balaban J connectivity index is 1.50. The van der Waals surface area contributed by atoms with E-state index in [1.165, 1.54) is 0 Å². The second-order valence-electron chi connectivity index (χ2n) is 8.32. The number of carbonyl (C=O) groups excluding carboxylic acids is 2. The summed E-state index contributed by atoms with van der Waals surface area (Å²) in [7, 11) is 0. The van der Waals surface area contributed by atoms with Crippen LogP contribution in [0.2, 0.25) is 0 Å². The summed E-state index contributed by atoms with van der Waals surface area (Å²) in [5.41, 5.74) is 2.06. The summed E-state index contributed by atoms with van der Waals surface area (Å²) in [4.78, 5) is 26.6. The normalized spacial score (nSPS) is 15.1. The standard InChI is InChI=1S/C21H32N6O2/c1-15(2)13-20(28)23-19-5-9-22-27(19)18-6-10-25(11-7-18)21(29)8-12-26-17(4)14-16(3)24-26/h5,9,14-15,18H,6-8,10-13H2,1-4H3,(H,23,28). The molecule has 0 aliphatic carbocycles. The van der Waals surface area contributed by atoms with Crippen LogP contribution in [-0.4, -0.2) is 49.4 Å². The Morgan fingerprint density at radius 3 is 2.59 bits per heavy atom. The fourth-order valence-electron chi connectivity index (χ4n) is 3.89. The molecule has 1 aliphatic rings. The van der Waals surface area contributed by atoms with E-state index < -0.39 is 0 Å². The predicted octanol–water partition coefficient (Wildman–Crippen LogP) is 2.93. The van der Waals surface area contributed by atoms with Gasteiger partial charge in [0, 0.05) is 44.2 Å². The van der Waals surface area contributed by atoms with Crippen LogP contribution in [0.3, 0.4) is 0 Å². The van der Waals surface area contributed by atoms with Crippen LogP contribution in [0, 0.1) is 19.8 Å². The van der Waals surface area contributed by atoms with Crippen molar-refractivity contribution in [3.8, 4) is 0 Å². The number of carbonyl (C=O) groups is 2. The molecule has 2 amide bonds. The van der Waals surface area contributed by atoms with E-state index in [1.54, 1.807) is 6.20 Å². The van der Waals surface area contributed by atoms with Crippen LogP contribution in [0.25, 0.3) is 0 Å². The monoisotopic (exact) mass is 400 g/mol. The van der Waals surface area contributed by atoms with Crippen LogP contribution in [0.1, 0.15) is 57.0 Å². The highest BCUT2D eigenvalue weighted by Crippen LogP contribution is 2.26. The Bertz CT molecular complexity index is 845. The molecule has 0 aromatic carbocycles. The highest BCUT2D eigenvalue weighted by molar-refractivity contribution is 5.89. The molecule has 29 heavy (non-hydrogen) atoms. The summed E-state index contributed by atoms with van der Waals surface area (Å²) in [5, 5.41) is 11.8. The molecule has 8 heteroatoms. The maximum atomic E-state index is 12.6. The molecular formula is C21H32N6O2. The molecule has 3 rings (SSSR count). The highest BCUT2D eigenvalue weighted by Gasteiger charge is 2.25. The number of anilines is 1. The first-order chi connectivity index (χ1) is 13.8. The van der Waals surface area contributed by atoms with E-state index in [4.69, 9.17) is 0 Å². The minimum atomic E-state index is 0.0125. The third kappa shape index (κ3) is 5.46. The maximum absolute atomic E-state index is 12.6. The fourth-order valence-corrected chi connectivity index (χ4v) is 3.89. The number of nitrogens with one attached hydrogen (secondary N) is 1. The molecule has 2 aromatic heterocycles. The van der Waals surface area contributed by atoms with E-state index >= 15 is 0 Å². The van der Waals surface area contributed by atoms with Gasteiger partial charge in [-0.2, -0.15) is 10.2 Å². The lowest BCUT2D eigenvalue weighted by molar-refractivity contribution is -0.132. The van der Waals surface area contributed by atoms with Crippen LogP contribution in [0.4, 0.5) is 5.82 Å². The molecular weight excluding hydrogens is 368 g/mol. The molecule has 1 N–H and O–H groups in total. The summed E-state index contributed by atoms with van der Waals surface area (Å²) in [6.45, 7) is 10.1. The predicted molar refractivity (Wildman–Crippen MR) is 111 cm³/mol. The number of piperidine rings is 1. The molecule has 1 aliphatic heterocycles. The van der Waals surface area contributed by atoms with Crippen molar-refractivity contribution in [1.29, 1.82) is 0 Å². The first-order valence-corrected chi connectivity index (χ1v) is 10.5. The van der Waals surface area contributed by atoms with Gasteiger partial charge < -0.3 is 10.2 Å². The minimum Gasteiger partial charge on any atom is -0.342 e. The summed E-state index contributed by atoms with van der Waals surface area (Å²) >= 11 is 0. The van der Waals surface area contributed by atoms with E-state index in [1.807, 2.05) is 54.1 Å². The van der Waals surface area contributed by atoms with E-state index in [0.717, 1.165) is 30.0 Å². The zero-order valence-corrected chi connectivity index (χ0v) is 17.9. The van der Waals surface area contributed by atoms with Gasteiger partial charge in [-0.05, 0) is 38.7 Å². The smallest absolute Gasteiger partial charge is 0.225 e. The molecule has 8 nitrogen and oxygen atoms in total. The van der Waals surface area contributed by atoms with Gasteiger partial charge in [0.05, 0.1) is 17.9 Å². The largest absolute Gasteiger partial charge is 0.342 e. The lowest BCUT2D eigenvalue weighted by atomic mass is 10.0. The molecule has 0 spiro atoms. The van der Waals surface area contributed by atoms with Crippen molar-refractivity contribution in [3.63, 3.8) is 0 Å². The molecule has 0 atom stereocenters. The third-order valence-corrected chi connectivity index (χ3v) is 5.34. The number of amides is 2. The Labute approximate surface area is 172 Å². The van der Waals surface area contributed by atoms with Gasteiger partial charge in [-0.1, -0.05) is 13.8 Å². The van der Waals surface area contributed by atoms with E-state index in [2.05, 4.69) is 15.5 Å². The first kappa shape index (κ1) is 21.1. The number of aryl methyl sites for hydroxylation is 3. The molecule has 2 aromatic rings. The zero-order chi connectivity index (χ0) is 21.0. The topological polar surface area (TPSA) is 85.0 Å². The van der Waals surface area contributed by atoms with Gasteiger partial charge >= 0.3 is 0 Å². The van der Waals surface area contributed by atoms with Gasteiger partial charge in [-0.25, -0.2) is 4.68 Å². The number of aromatic nitrogens is 4. The molecule has 0 saturated carbocycles. The van der Waals surface area contributed by atoms with Gasteiger partial charge in [0.15, 0.2) is 0 Å².